The molecule has 2 N–H and O–H groups in total. The predicted octanol–water partition coefficient (Wildman–Crippen LogP) is 0.868. The largest absolute Gasteiger partial charge is 0.393 e. The summed E-state index contributed by atoms with van der Waals surface area (Å²) in [4.78, 5) is 0.540. The molecule has 0 aliphatic heterocycles. The van der Waals surface area contributed by atoms with E-state index in [-0.39, 0.29) is 0 Å². The Labute approximate surface area is 71.2 Å². The minimum Gasteiger partial charge on any atom is -0.393 e. The monoisotopic (exact) mass is 169 g/mol. The van der Waals surface area contributed by atoms with Crippen LogP contribution in [0.5, 0.6) is 0 Å². The maximum atomic E-state index is 5.34. The van der Waals surface area contributed by atoms with Crippen molar-refractivity contribution in [2.45, 2.75) is 19.9 Å². The van der Waals surface area contributed by atoms with Crippen LogP contribution in [0.2, 0.25) is 0 Å². The van der Waals surface area contributed by atoms with Gasteiger partial charge in [0, 0.05) is 19.2 Å². The Bertz CT molecular complexity index is 254. The standard InChI is InChI=1S/C7H11N3S/c1-6-2-4-10(9-6)5-3-7(8)11/h2,4H,3,5H2,1H3,(H2,8,11). The second kappa shape index (κ2) is 3.48. The van der Waals surface area contributed by atoms with E-state index < -0.39 is 0 Å². The second-order valence-corrected chi connectivity index (χ2v) is 2.96. The number of thiocarbonyl (C=S) groups is 1. The summed E-state index contributed by atoms with van der Waals surface area (Å²) in [5, 5.41) is 4.18. The predicted molar refractivity (Wildman–Crippen MR) is 48.4 cm³/mol. The third kappa shape index (κ3) is 2.67. The molecule has 0 saturated carbocycles. The lowest BCUT2D eigenvalue weighted by Crippen LogP contribution is -2.12. The summed E-state index contributed by atoms with van der Waals surface area (Å²) < 4.78 is 1.84. The minimum absolute atomic E-state index is 0.540. The Balaban J connectivity index is 2.45. The van der Waals surface area contributed by atoms with E-state index in [0.29, 0.717) is 4.99 Å². The average molecular weight is 169 g/mol. The molecule has 0 aliphatic rings. The van der Waals surface area contributed by atoms with E-state index in [1.54, 1.807) is 0 Å². The fourth-order valence-electron chi connectivity index (χ4n) is 0.812. The lowest BCUT2D eigenvalue weighted by molar-refractivity contribution is 0.629. The number of nitrogens with two attached hydrogens (primary N) is 1. The molecular formula is C7H11N3S. The normalized spacial score (nSPS) is 9.91. The van der Waals surface area contributed by atoms with Crippen LogP contribution in [-0.4, -0.2) is 14.8 Å². The van der Waals surface area contributed by atoms with E-state index in [9.17, 15) is 0 Å². The van der Waals surface area contributed by atoms with Crippen molar-refractivity contribution >= 4 is 17.2 Å². The van der Waals surface area contributed by atoms with E-state index in [4.69, 9.17) is 18.0 Å². The van der Waals surface area contributed by atoms with Crippen LogP contribution in [-0.2, 0) is 6.54 Å². The van der Waals surface area contributed by atoms with Gasteiger partial charge in [-0.25, -0.2) is 0 Å². The molecule has 0 fully saturated rings. The number of rotatable bonds is 3. The van der Waals surface area contributed by atoms with Gasteiger partial charge in [-0.05, 0) is 13.0 Å². The van der Waals surface area contributed by atoms with Gasteiger partial charge in [-0.2, -0.15) is 5.10 Å². The van der Waals surface area contributed by atoms with Crippen molar-refractivity contribution in [2.24, 2.45) is 5.73 Å². The molecule has 1 aromatic heterocycles. The molecule has 0 bridgehead atoms. The van der Waals surface area contributed by atoms with Gasteiger partial charge in [0.25, 0.3) is 0 Å². The zero-order valence-corrected chi connectivity index (χ0v) is 7.27. The lowest BCUT2D eigenvalue weighted by atomic mass is 10.4. The maximum absolute atomic E-state index is 5.34. The van der Waals surface area contributed by atoms with E-state index in [2.05, 4.69) is 5.10 Å². The summed E-state index contributed by atoms with van der Waals surface area (Å²) in [6, 6.07) is 1.96. The molecule has 0 spiro atoms. The Morgan fingerprint density at radius 1 is 1.82 bits per heavy atom. The van der Waals surface area contributed by atoms with Crippen LogP contribution in [0.3, 0.4) is 0 Å². The first-order valence-corrected chi connectivity index (χ1v) is 3.87. The first kappa shape index (κ1) is 8.20. The number of aromatic nitrogens is 2. The van der Waals surface area contributed by atoms with Crippen LogP contribution in [0.25, 0.3) is 0 Å². The Morgan fingerprint density at radius 3 is 3.00 bits per heavy atom. The van der Waals surface area contributed by atoms with Gasteiger partial charge in [-0.1, -0.05) is 12.2 Å². The van der Waals surface area contributed by atoms with Gasteiger partial charge in [-0.3, -0.25) is 4.68 Å². The fraction of sp³-hybridized carbons (Fsp3) is 0.429. The van der Waals surface area contributed by atoms with Gasteiger partial charge in [0.15, 0.2) is 0 Å². The van der Waals surface area contributed by atoms with Crippen LogP contribution in [0, 0.1) is 6.92 Å². The van der Waals surface area contributed by atoms with E-state index in [1.165, 1.54) is 0 Å². The van der Waals surface area contributed by atoms with Crippen molar-refractivity contribution in [2.75, 3.05) is 0 Å². The van der Waals surface area contributed by atoms with Crippen molar-refractivity contribution in [1.29, 1.82) is 0 Å². The second-order valence-electron chi connectivity index (χ2n) is 2.44. The first-order chi connectivity index (χ1) is 5.18. The van der Waals surface area contributed by atoms with E-state index in [0.717, 1.165) is 18.7 Å². The Hall–Kier alpha value is -0.900. The third-order valence-corrected chi connectivity index (χ3v) is 1.57. The average Bonchev–Trinajstić information content (AvgIpc) is 2.31. The number of nitrogens with zero attached hydrogens (tertiary/aromatic N) is 2. The quantitative estimate of drug-likeness (QED) is 0.683. The molecule has 0 atom stereocenters. The van der Waals surface area contributed by atoms with Crippen molar-refractivity contribution < 1.29 is 0 Å². The van der Waals surface area contributed by atoms with Gasteiger partial charge >= 0.3 is 0 Å². The van der Waals surface area contributed by atoms with Crippen LogP contribution >= 0.6 is 12.2 Å². The van der Waals surface area contributed by atoms with Crippen molar-refractivity contribution in [3.05, 3.63) is 18.0 Å². The summed E-state index contributed by atoms with van der Waals surface area (Å²) in [5.74, 6) is 0. The molecule has 0 unspecified atom stereocenters. The minimum atomic E-state index is 0.540. The highest BCUT2D eigenvalue weighted by Crippen LogP contribution is 1.94. The molecule has 1 aromatic rings. The molecular weight excluding hydrogens is 158 g/mol. The zero-order chi connectivity index (χ0) is 8.27. The van der Waals surface area contributed by atoms with Gasteiger partial charge in [0.2, 0.25) is 0 Å². The van der Waals surface area contributed by atoms with Gasteiger partial charge in [0.1, 0.15) is 0 Å². The molecule has 3 nitrogen and oxygen atoms in total. The summed E-state index contributed by atoms with van der Waals surface area (Å²) in [7, 11) is 0. The number of hydrogen-bond acceptors (Lipinski definition) is 2. The van der Waals surface area contributed by atoms with E-state index in [1.807, 2.05) is 23.9 Å². The number of aryl methyl sites for hydroxylation is 2. The zero-order valence-electron chi connectivity index (χ0n) is 6.45. The summed E-state index contributed by atoms with van der Waals surface area (Å²) in [5.41, 5.74) is 6.36. The van der Waals surface area contributed by atoms with Crippen LogP contribution in [0.1, 0.15) is 12.1 Å². The molecule has 0 saturated heterocycles. The molecule has 0 amide bonds. The van der Waals surface area contributed by atoms with Gasteiger partial charge < -0.3 is 5.73 Å². The topological polar surface area (TPSA) is 43.8 Å². The molecule has 60 valence electrons. The fourth-order valence-corrected chi connectivity index (χ4v) is 0.904. The van der Waals surface area contributed by atoms with Crippen LogP contribution < -0.4 is 5.73 Å². The van der Waals surface area contributed by atoms with Gasteiger partial charge in [0.05, 0.1) is 10.7 Å². The maximum Gasteiger partial charge on any atom is 0.0745 e. The first-order valence-electron chi connectivity index (χ1n) is 3.47. The molecule has 1 heterocycles. The molecule has 0 aromatic carbocycles. The Kier molecular flexibility index (Phi) is 2.59. The van der Waals surface area contributed by atoms with Crippen molar-refractivity contribution in [3.63, 3.8) is 0 Å². The summed E-state index contributed by atoms with van der Waals surface area (Å²) in [6.45, 7) is 2.74. The highest BCUT2D eigenvalue weighted by molar-refractivity contribution is 7.80. The van der Waals surface area contributed by atoms with Crippen molar-refractivity contribution in [3.8, 4) is 0 Å². The van der Waals surface area contributed by atoms with E-state index >= 15 is 0 Å². The van der Waals surface area contributed by atoms with Crippen LogP contribution in [0.15, 0.2) is 12.3 Å². The van der Waals surface area contributed by atoms with Crippen LogP contribution in [0.4, 0.5) is 0 Å². The highest BCUT2D eigenvalue weighted by Gasteiger charge is 1.94. The molecule has 0 radical (unpaired) electrons. The van der Waals surface area contributed by atoms with Gasteiger partial charge in [-0.15, -0.1) is 0 Å². The summed E-state index contributed by atoms with van der Waals surface area (Å²) >= 11 is 4.74. The SMILES string of the molecule is Cc1ccn(CCC(N)=S)n1. The summed E-state index contributed by atoms with van der Waals surface area (Å²) in [6.07, 6.45) is 2.64. The number of hydrogen-bond donors (Lipinski definition) is 1. The lowest BCUT2D eigenvalue weighted by Gasteiger charge is -1.98. The Morgan fingerprint density at radius 2 is 2.55 bits per heavy atom. The smallest absolute Gasteiger partial charge is 0.0745 e. The third-order valence-electron chi connectivity index (χ3n) is 1.36. The molecule has 11 heavy (non-hydrogen) atoms. The van der Waals surface area contributed by atoms with Crippen molar-refractivity contribution in [1.82, 2.24) is 9.78 Å². The molecule has 1 rings (SSSR count). The highest BCUT2D eigenvalue weighted by atomic mass is 32.1. The molecule has 4 heteroatoms. The molecule has 0 aliphatic carbocycles.